The Hall–Kier alpha value is -2.97. The highest BCUT2D eigenvalue weighted by atomic mass is 32.2. The Balaban J connectivity index is 2.47. The lowest BCUT2D eigenvalue weighted by atomic mass is 10.3. The van der Waals surface area contributed by atoms with Gasteiger partial charge in [-0.2, -0.15) is 17.7 Å². The number of amides is 2. The highest BCUT2D eigenvalue weighted by Crippen LogP contribution is 2.26. The van der Waals surface area contributed by atoms with Gasteiger partial charge in [0.2, 0.25) is 11.8 Å². The highest BCUT2D eigenvalue weighted by Gasteiger charge is 2.35. The van der Waals surface area contributed by atoms with Crippen LogP contribution in [0.25, 0.3) is 0 Å². The number of rotatable bonds is 6. The number of urea groups is 1. The molecule has 3 N–H and O–H groups in total. The van der Waals surface area contributed by atoms with Crippen molar-refractivity contribution in [1.82, 2.24) is 14.3 Å². The maximum Gasteiger partial charge on any atom is 0.339 e. The Morgan fingerprint density at radius 3 is 2.43 bits per heavy atom. The fourth-order valence-electron chi connectivity index (χ4n) is 2.04. The number of nitrogens with zero attached hydrogens (tertiary/aromatic N) is 3. The number of phenols is 1. The number of aromatic nitrogens is 2. The first kappa shape index (κ1) is 21.3. The highest BCUT2D eigenvalue weighted by molar-refractivity contribution is 7.91. The zero-order valence-corrected chi connectivity index (χ0v) is 16.2. The Morgan fingerprint density at radius 1 is 1.21 bits per heavy atom. The van der Waals surface area contributed by atoms with Gasteiger partial charge < -0.3 is 9.84 Å². The quantitative estimate of drug-likeness (QED) is 0.547. The first-order valence-corrected chi connectivity index (χ1v) is 10.5. The van der Waals surface area contributed by atoms with Crippen molar-refractivity contribution >= 4 is 32.1 Å². The fraction of sp³-hybridized carbons (Fsp3) is 0.214. The van der Waals surface area contributed by atoms with Crippen LogP contribution in [0.2, 0.25) is 0 Å². The third kappa shape index (κ3) is 5.05. The molecule has 0 aliphatic carbocycles. The molecule has 0 unspecified atom stereocenters. The third-order valence-corrected chi connectivity index (χ3v) is 5.72. The first-order valence-electron chi connectivity index (χ1n) is 7.40. The maximum absolute atomic E-state index is 12.7. The van der Waals surface area contributed by atoms with Gasteiger partial charge in [0.25, 0.3) is 20.1 Å². The minimum absolute atomic E-state index is 0.0627. The van der Waals surface area contributed by atoms with Crippen LogP contribution in [0.15, 0.2) is 35.2 Å². The summed E-state index contributed by atoms with van der Waals surface area (Å²) in [6.45, 7) is 1.55. The number of carbonyl (C=O) groups is 1. The van der Waals surface area contributed by atoms with Crippen LogP contribution in [-0.2, 0) is 20.1 Å². The van der Waals surface area contributed by atoms with E-state index in [1.165, 1.54) is 25.3 Å². The molecule has 0 fully saturated rings. The lowest BCUT2D eigenvalue weighted by molar-refractivity contribution is 0.238. The summed E-state index contributed by atoms with van der Waals surface area (Å²) < 4.78 is 61.8. The van der Waals surface area contributed by atoms with Gasteiger partial charge in [-0.1, -0.05) is 12.1 Å². The number of hydrogen-bond donors (Lipinski definition) is 3. The number of para-hydroxylation sites is 1. The summed E-state index contributed by atoms with van der Waals surface area (Å²) in [5, 5.41) is 11.8. The topological polar surface area (TPSA) is 176 Å². The van der Waals surface area contributed by atoms with E-state index in [0.29, 0.717) is 5.69 Å². The lowest BCUT2D eigenvalue weighted by Gasteiger charge is -2.21. The van der Waals surface area contributed by atoms with E-state index in [-0.39, 0.29) is 16.1 Å². The number of carbonyl (C=O) groups excluding carboxylic acids is 1. The van der Waals surface area contributed by atoms with E-state index in [2.05, 4.69) is 9.97 Å². The molecule has 0 atom stereocenters. The van der Waals surface area contributed by atoms with Gasteiger partial charge in [0.05, 0.1) is 7.11 Å². The van der Waals surface area contributed by atoms with Crippen LogP contribution in [0.4, 0.5) is 10.7 Å². The largest absolute Gasteiger partial charge is 0.507 e. The number of benzene rings is 1. The van der Waals surface area contributed by atoms with Crippen LogP contribution >= 0.6 is 0 Å². The van der Waals surface area contributed by atoms with Crippen molar-refractivity contribution in [1.29, 1.82) is 0 Å². The summed E-state index contributed by atoms with van der Waals surface area (Å²) in [6.07, 6.45) is 0. The van der Waals surface area contributed by atoms with Gasteiger partial charge in [0, 0.05) is 11.8 Å². The molecule has 2 aromatic rings. The van der Waals surface area contributed by atoms with Crippen LogP contribution in [0.3, 0.4) is 0 Å². The monoisotopic (exact) mass is 432 g/mol. The zero-order valence-electron chi connectivity index (χ0n) is 14.6. The summed E-state index contributed by atoms with van der Waals surface area (Å²) in [6, 6.07) is 4.53. The minimum atomic E-state index is -4.95. The predicted octanol–water partition coefficient (Wildman–Crippen LogP) is 0.567. The molecule has 12 nitrogen and oxygen atoms in total. The number of hydrogen-bond acceptors (Lipinski definition) is 9. The molecule has 14 heteroatoms. The summed E-state index contributed by atoms with van der Waals surface area (Å²) in [7, 11) is -8.51. The Bertz CT molecular complexity index is 1100. The molecule has 0 aliphatic rings. The number of methoxy groups -OCH3 is 1. The maximum atomic E-state index is 12.7. The van der Waals surface area contributed by atoms with E-state index >= 15 is 0 Å². The molecule has 152 valence electrons. The fourth-order valence-corrected chi connectivity index (χ4v) is 4.49. The molecule has 0 saturated carbocycles. The number of ether oxygens (including phenoxy) is 1. The number of aromatic hydroxyl groups is 1. The van der Waals surface area contributed by atoms with Gasteiger partial charge in [-0.15, -0.1) is 0 Å². The number of phenolic OH excluding ortho intramolecular Hbond substituents is 1. The van der Waals surface area contributed by atoms with Crippen LogP contribution in [-0.4, -0.2) is 59.8 Å². The second kappa shape index (κ2) is 7.95. The summed E-state index contributed by atoms with van der Waals surface area (Å²) in [4.78, 5) is 19.4. The zero-order chi connectivity index (χ0) is 21.1. The summed E-state index contributed by atoms with van der Waals surface area (Å²) in [5.41, 5.74) is 0.368. The van der Waals surface area contributed by atoms with E-state index in [0.717, 1.165) is 12.1 Å². The molecule has 1 aromatic carbocycles. The van der Waals surface area contributed by atoms with E-state index in [4.69, 9.17) is 9.29 Å². The van der Waals surface area contributed by atoms with Gasteiger partial charge in [0.1, 0.15) is 10.6 Å². The predicted molar refractivity (Wildman–Crippen MR) is 95.9 cm³/mol. The smallest absolute Gasteiger partial charge is 0.339 e. The van der Waals surface area contributed by atoms with Crippen LogP contribution in [0.5, 0.6) is 11.6 Å². The molecular weight excluding hydrogens is 416 g/mol. The van der Waals surface area contributed by atoms with Crippen LogP contribution in [0, 0.1) is 6.92 Å². The van der Waals surface area contributed by atoms with Gasteiger partial charge in [-0.3, -0.25) is 9.87 Å². The molecule has 2 rings (SSSR count). The molecule has 28 heavy (non-hydrogen) atoms. The van der Waals surface area contributed by atoms with Crippen LogP contribution < -0.4 is 10.1 Å². The van der Waals surface area contributed by atoms with Crippen molar-refractivity contribution in [2.75, 3.05) is 18.3 Å². The summed E-state index contributed by atoms with van der Waals surface area (Å²) >= 11 is 0. The van der Waals surface area contributed by atoms with Gasteiger partial charge in [-0.05, 0) is 19.1 Å². The SMILES string of the molecule is COc1cc(C)nc(NC(=O)N(CS(=O)(=O)O)S(=O)(=O)c2ccccc2O)n1. The van der Waals surface area contributed by atoms with E-state index in [1.807, 2.05) is 5.32 Å². The molecule has 0 spiro atoms. The van der Waals surface area contributed by atoms with Crippen molar-refractivity contribution in [3.05, 3.63) is 36.0 Å². The number of nitrogens with one attached hydrogen (secondary N) is 1. The van der Waals surface area contributed by atoms with Gasteiger partial charge >= 0.3 is 6.03 Å². The molecule has 0 aliphatic heterocycles. The number of anilines is 1. The molecule has 1 heterocycles. The molecule has 0 radical (unpaired) electrons. The second-order valence-electron chi connectivity index (χ2n) is 5.34. The van der Waals surface area contributed by atoms with E-state index in [1.54, 1.807) is 6.92 Å². The molecule has 2 amide bonds. The average Bonchev–Trinajstić information content (AvgIpc) is 2.58. The second-order valence-corrected chi connectivity index (χ2v) is 8.59. The standard InChI is InChI=1S/C14H16N4O8S2/c1-9-7-12(26-2)16-13(15-9)17-14(20)18(8-27(21,22)23)28(24,25)11-6-4-3-5-10(11)19/h3-7,19H,8H2,1-2H3,(H,21,22,23)(H,15,16,17,20). The van der Waals surface area contributed by atoms with Gasteiger partial charge in [-0.25, -0.2) is 18.2 Å². The van der Waals surface area contributed by atoms with Crippen molar-refractivity contribution in [2.24, 2.45) is 0 Å². The van der Waals surface area contributed by atoms with E-state index < -0.39 is 42.7 Å². The van der Waals surface area contributed by atoms with Crippen molar-refractivity contribution < 1.29 is 36.0 Å². The van der Waals surface area contributed by atoms with Crippen molar-refractivity contribution in [2.45, 2.75) is 11.8 Å². The van der Waals surface area contributed by atoms with Crippen molar-refractivity contribution in [3.8, 4) is 11.6 Å². The number of aryl methyl sites for hydroxylation is 1. The van der Waals surface area contributed by atoms with Gasteiger partial charge in [0.15, 0.2) is 5.88 Å². The minimum Gasteiger partial charge on any atom is -0.507 e. The molecule has 0 saturated heterocycles. The Morgan fingerprint density at radius 2 is 1.86 bits per heavy atom. The van der Waals surface area contributed by atoms with Crippen molar-refractivity contribution in [3.63, 3.8) is 0 Å². The Kier molecular flexibility index (Phi) is 6.06. The molecule has 0 bridgehead atoms. The van der Waals surface area contributed by atoms with Crippen LogP contribution in [0.1, 0.15) is 5.69 Å². The lowest BCUT2D eigenvalue weighted by Crippen LogP contribution is -2.43. The molecule has 1 aromatic heterocycles. The Labute approximate surface area is 160 Å². The average molecular weight is 432 g/mol. The normalized spacial score (nSPS) is 11.7. The first-order chi connectivity index (χ1) is 12.9. The number of sulfonamides is 1. The third-order valence-electron chi connectivity index (χ3n) is 3.20. The van der Waals surface area contributed by atoms with E-state index in [9.17, 15) is 26.7 Å². The summed E-state index contributed by atoms with van der Waals surface area (Å²) in [5.74, 6) is -2.62. The molecular formula is C14H16N4O8S2.